The summed E-state index contributed by atoms with van der Waals surface area (Å²) in [5.74, 6) is -0.126. The largest absolute Gasteiger partial charge is 0.393 e. The molecule has 4 unspecified atom stereocenters. The van der Waals surface area contributed by atoms with Crippen LogP contribution in [0.5, 0.6) is 0 Å². The van der Waals surface area contributed by atoms with E-state index >= 15 is 0 Å². The summed E-state index contributed by atoms with van der Waals surface area (Å²) in [6, 6.07) is 13.9. The second-order valence-electron chi connectivity index (χ2n) is 9.05. The Hall–Kier alpha value is -2.05. The molecule has 0 amide bonds. The van der Waals surface area contributed by atoms with Crippen molar-refractivity contribution in [2.75, 3.05) is 0 Å². The fourth-order valence-electron chi connectivity index (χ4n) is 5.00. The minimum absolute atomic E-state index is 0.126. The molecule has 5 nitrogen and oxygen atoms in total. The number of hydrogen-bond acceptors (Lipinski definition) is 5. The maximum absolute atomic E-state index is 12.9. The summed E-state index contributed by atoms with van der Waals surface area (Å²) in [5.41, 5.74) is 0.427. The zero-order chi connectivity index (χ0) is 21.4. The Morgan fingerprint density at radius 2 is 1.07 bits per heavy atom. The molecule has 0 spiro atoms. The highest BCUT2D eigenvalue weighted by atomic mass is 16.3. The molecule has 5 heteroatoms. The van der Waals surface area contributed by atoms with E-state index in [0.29, 0.717) is 49.7 Å². The first-order valence-electron chi connectivity index (χ1n) is 10.9. The molecule has 0 radical (unpaired) electrons. The smallest absolute Gasteiger partial charge is 0.193 e. The summed E-state index contributed by atoms with van der Waals surface area (Å²) >= 11 is 0. The highest BCUT2D eigenvalue weighted by Gasteiger charge is 2.36. The lowest BCUT2D eigenvalue weighted by atomic mass is 9.78. The molecule has 30 heavy (non-hydrogen) atoms. The maximum Gasteiger partial charge on any atom is 0.193 e. The van der Waals surface area contributed by atoms with E-state index in [4.69, 9.17) is 0 Å². The molecular formula is C25H30O5. The van der Waals surface area contributed by atoms with Gasteiger partial charge in [-0.05, 0) is 49.7 Å². The third kappa shape index (κ3) is 4.21. The Kier molecular flexibility index (Phi) is 5.82. The van der Waals surface area contributed by atoms with Crippen molar-refractivity contribution in [2.24, 2.45) is 0 Å². The van der Waals surface area contributed by atoms with E-state index in [1.165, 1.54) is 0 Å². The van der Waals surface area contributed by atoms with Crippen molar-refractivity contribution in [3.05, 3.63) is 70.8 Å². The van der Waals surface area contributed by atoms with Gasteiger partial charge >= 0.3 is 0 Å². The predicted molar refractivity (Wildman–Crippen MR) is 113 cm³/mol. The van der Waals surface area contributed by atoms with Crippen molar-refractivity contribution in [2.45, 2.75) is 74.8 Å². The zero-order valence-corrected chi connectivity index (χ0v) is 17.1. The first-order chi connectivity index (χ1) is 14.3. The van der Waals surface area contributed by atoms with Crippen LogP contribution in [0.4, 0.5) is 0 Å². The minimum atomic E-state index is -1.04. The second kappa shape index (κ2) is 8.23. The number of ketones is 1. The van der Waals surface area contributed by atoms with Gasteiger partial charge in [-0.2, -0.15) is 0 Å². The summed E-state index contributed by atoms with van der Waals surface area (Å²) in [6.45, 7) is 0. The Labute approximate surface area is 177 Å². The van der Waals surface area contributed by atoms with Gasteiger partial charge in [0.15, 0.2) is 5.78 Å². The lowest BCUT2D eigenvalue weighted by Crippen LogP contribution is -2.35. The molecule has 0 saturated heterocycles. The summed E-state index contributed by atoms with van der Waals surface area (Å²) in [6.07, 6.45) is 3.83. The Bertz CT molecular complexity index is 817. The average Bonchev–Trinajstić information content (AvgIpc) is 2.73. The molecule has 0 aliphatic heterocycles. The highest BCUT2D eigenvalue weighted by Crippen LogP contribution is 2.38. The summed E-state index contributed by atoms with van der Waals surface area (Å²) in [7, 11) is 0. The van der Waals surface area contributed by atoms with E-state index < -0.39 is 23.4 Å². The molecule has 0 aromatic heterocycles. The van der Waals surface area contributed by atoms with Crippen LogP contribution >= 0.6 is 0 Å². The Morgan fingerprint density at radius 1 is 0.700 bits per heavy atom. The van der Waals surface area contributed by atoms with Gasteiger partial charge in [-0.1, -0.05) is 48.5 Å². The standard InChI is InChI=1S/C25H30O5/c26-21-3-1-13-24(29,15-21)19-9-5-17(6-10-19)23(28)18-7-11-20(12-8-18)25(30)14-2-4-22(27)16-25/h5-12,21-22,26-27,29-30H,1-4,13-16H2. The first kappa shape index (κ1) is 21.2. The van der Waals surface area contributed by atoms with Crippen LogP contribution in [0.25, 0.3) is 0 Å². The van der Waals surface area contributed by atoms with Crippen LogP contribution in [0.2, 0.25) is 0 Å². The molecule has 4 N–H and O–H groups in total. The van der Waals surface area contributed by atoms with Gasteiger partial charge in [-0.15, -0.1) is 0 Å². The van der Waals surface area contributed by atoms with E-state index in [0.717, 1.165) is 24.0 Å². The number of carbonyl (C=O) groups excluding carboxylic acids is 1. The maximum atomic E-state index is 12.9. The fourth-order valence-corrected chi connectivity index (χ4v) is 5.00. The Balaban J connectivity index is 1.49. The third-order valence-electron chi connectivity index (χ3n) is 6.77. The van der Waals surface area contributed by atoms with Crippen LogP contribution in [-0.4, -0.2) is 38.4 Å². The molecule has 4 atom stereocenters. The number of aliphatic hydroxyl groups is 4. The second-order valence-corrected chi connectivity index (χ2v) is 9.05. The lowest BCUT2D eigenvalue weighted by molar-refractivity contribution is -0.0504. The molecule has 2 saturated carbocycles. The number of benzene rings is 2. The molecule has 2 aromatic rings. The van der Waals surface area contributed by atoms with E-state index in [1.54, 1.807) is 48.5 Å². The summed E-state index contributed by atoms with van der Waals surface area (Å²) < 4.78 is 0. The molecule has 2 aliphatic rings. The monoisotopic (exact) mass is 410 g/mol. The van der Waals surface area contributed by atoms with Crippen LogP contribution in [0.3, 0.4) is 0 Å². The van der Waals surface area contributed by atoms with Gasteiger partial charge in [0.05, 0.1) is 23.4 Å². The molecule has 160 valence electrons. The summed E-state index contributed by atoms with van der Waals surface area (Å²) in [5, 5.41) is 41.5. The van der Waals surface area contributed by atoms with Gasteiger partial charge in [0.2, 0.25) is 0 Å². The van der Waals surface area contributed by atoms with Crippen molar-refractivity contribution < 1.29 is 25.2 Å². The van der Waals surface area contributed by atoms with Crippen molar-refractivity contribution in [3.8, 4) is 0 Å². The Morgan fingerprint density at radius 3 is 1.40 bits per heavy atom. The summed E-state index contributed by atoms with van der Waals surface area (Å²) in [4.78, 5) is 12.9. The van der Waals surface area contributed by atoms with E-state index in [-0.39, 0.29) is 5.78 Å². The quantitative estimate of drug-likeness (QED) is 0.581. The van der Waals surface area contributed by atoms with Crippen LogP contribution in [0.1, 0.15) is 78.4 Å². The van der Waals surface area contributed by atoms with Crippen LogP contribution in [0, 0.1) is 0 Å². The van der Waals surface area contributed by atoms with E-state index in [1.807, 2.05) is 0 Å². The fraction of sp³-hybridized carbons (Fsp3) is 0.480. The molecule has 0 bridgehead atoms. The van der Waals surface area contributed by atoms with Crippen molar-refractivity contribution in [3.63, 3.8) is 0 Å². The first-order valence-corrected chi connectivity index (χ1v) is 10.9. The van der Waals surface area contributed by atoms with Gasteiger partial charge < -0.3 is 20.4 Å². The van der Waals surface area contributed by atoms with Crippen molar-refractivity contribution in [1.82, 2.24) is 0 Å². The minimum Gasteiger partial charge on any atom is -0.393 e. The molecular weight excluding hydrogens is 380 g/mol. The van der Waals surface area contributed by atoms with Crippen molar-refractivity contribution in [1.29, 1.82) is 0 Å². The molecule has 2 fully saturated rings. The van der Waals surface area contributed by atoms with Gasteiger partial charge in [0, 0.05) is 24.0 Å². The van der Waals surface area contributed by atoms with E-state index in [9.17, 15) is 25.2 Å². The molecule has 2 aliphatic carbocycles. The number of hydrogen-bond donors (Lipinski definition) is 4. The van der Waals surface area contributed by atoms with Crippen molar-refractivity contribution >= 4 is 5.78 Å². The van der Waals surface area contributed by atoms with Crippen LogP contribution in [0.15, 0.2) is 48.5 Å². The lowest BCUT2D eigenvalue weighted by Gasteiger charge is -2.35. The molecule has 4 rings (SSSR count). The number of aliphatic hydroxyl groups excluding tert-OH is 2. The van der Waals surface area contributed by atoms with Gasteiger partial charge in [-0.25, -0.2) is 0 Å². The average molecular weight is 411 g/mol. The SMILES string of the molecule is O=C(c1ccc(C2(O)CCCC(O)C2)cc1)c1ccc(C2(O)CCCC(O)C2)cc1. The molecule has 0 heterocycles. The number of rotatable bonds is 4. The third-order valence-corrected chi connectivity index (χ3v) is 6.77. The predicted octanol–water partition coefficient (Wildman–Crippen LogP) is 3.16. The zero-order valence-electron chi connectivity index (χ0n) is 17.1. The van der Waals surface area contributed by atoms with Crippen LogP contribution < -0.4 is 0 Å². The number of carbonyl (C=O) groups is 1. The van der Waals surface area contributed by atoms with Gasteiger partial charge in [-0.3, -0.25) is 4.79 Å². The normalized spacial score (nSPS) is 32.0. The molecule has 2 aromatic carbocycles. The van der Waals surface area contributed by atoms with Gasteiger partial charge in [0.25, 0.3) is 0 Å². The van der Waals surface area contributed by atoms with E-state index in [2.05, 4.69) is 0 Å². The van der Waals surface area contributed by atoms with Gasteiger partial charge in [0.1, 0.15) is 0 Å². The highest BCUT2D eigenvalue weighted by molar-refractivity contribution is 6.09. The topological polar surface area (TPSA) is 98.0 Å². The van der Waals surface area contributed by atoms with Crippen LogP contribution in [-0.2, 0) is 11.2 Å².